The molecule has 11 heteroatoms. The van der Waals surface area contributed by atoms with Gasteiger partial charge in [-0.1, -0.05) is 38.1 Å². The molecule has 0 saturated heterocycles. The number of benzene rings is 2. The number of nitrogens with zero attached hydrogens (tertiary/aromatic N) is 3. The highest BCUT2D eigenvalue weighted by Crippen LogP contribution is 3.02. The van der Waals surface area contributed by atoms with Gasteiger partial charge in [-0.15, -0.1) is 0 Å². The summed E-state index contributed by atoms with van der Waals surface area (Å²) in [5, 5.41) is 7.18. The Morgan fingerprint density at radius 3 is 2.38 bits per heavy atom. The molecule has 0 aliphatic rings. The van der Waals surface area contributed by atoms with Crippen LogP contribution in [0.3, 0.4) is 0 Å². The first kappa shape index (κ1) is 20.3. The van der Waals surface area contributed by atoms with Gasteiger partial charge in [-0.25, -0.2) is 9.53 Å². The lowest BCUT2D eigenvalue weighted by atomic mass is 10.1. The minimum absolute atomic E-state index is 0.0650. The Kier molecular flexibility index (Phi) is 4.25. The largest absolute Gasteiger partial charge is 0.347 e. The van der Waals surface area contributed by atoms with E-state index in [4.69, 9.17) is 6.57 Å². The second-order valence-electron chi connectivity index (χ2n) is 6.03. The van der Waals surface area contributed by atoms with Gasteiger partial charge in [0, 0.05) is 5.39 Å². The van der Waals surface area contributed by atoms with E-state index >= 15 is 0 Å². The average molecular weight is 428 g/mol. The van der Waals surface area contributed by atoms with Crippen LogP contribution in [0, 0.1) is 6.57 Å². The SMILES string of the molecule is [C-]#[N+]c1cccc2c1c(CNC(=O)C=C)nn2-c1ccc(S(F)(F)(F)(F)F)cc1. The molecular formula is C18H13F5N4OS. The second-order valence-corrected chi connectivity index (χ2v) is 8.44. The van der Waals surface area contributed by atoms with Gasteiger partial charge in [0.05, 0.1) is 30.0 Å². The van der Waals surface area contributed by atoms with Crippen LogP contribution in [-0.4, -0.2) is 15.7 Å². The number of hydrogen-bond donors (Lipinski definition) is 1. The van der Waals surface area contributed by atoms with Crippen LogP contribution in [0.15, 0.2) is 60.0 Å². The summed E-state index contributed by atoms with van der Waals surface area (Å²) in [4.78, 5) is 12.8. The van der Waals surface area contributed by atoms with Gasteiger partial charge in [-0.3, -0.25) is 4.79 Å². The van der Waals surface area contributed by atoms with E-state index in [2.05, 4.69) is 21.8 Å². The monoisotopic (exact) mass is 428 g/mol. The zero-order valence-corrected chi connectivity index (χ0v) is 15.4. The quantitative estimate of drug-likeness (QED) is 0.306. The first-order chi connectivity index (χ1) is 13.3. The lowest BCUT2D eigenvalue weighted by Gasteiger charge is -2.40. The van der Waals surface area contributed by atoms with Crippen molar-refractivity contribution in [1.82, 2.24) is 15.1 Å². The molecule has 0 saturated carbocycles. The summed E-state index contributed by atoms with van der Waals surface area (Å²) in [6.07, 6.45) is 1.05. The Morgan fingerprint density at radius 2 is 1.83 bits per heavy atom. The number of halogens is 5. The zero-order chi connectivity index (χ0) is 21.5. The fourth-order valence-corrected chi connectivity index (χ4v) is 3.38. The maximum atomic E-state index is 12.9. The van der Waals surface area contributed by atoms with Gasteiger partial charge in [-0.2, -0.15) is 5.10 Å². The van der Waals surface area contributed by atoms with Gasteiger partial charge in [0.1, 0.15) is 4.90 Å². The first-order valence-electron chi connectivity index (χ1n) is 7.97. The molecule has 0 aliphatic carbocycles. The summed E-state index contributed by atoms with van der Waals surface area (Å²) in [6, 6.07) is 6.99. The number of hydrogen-bond acceptors (Lipinski definition) is 2. The van der Waals surface area contributed by atoms with E-state index in [0.29, 0.717) is 28.7 Å². The molecule has 1 N–H and O–H groups in total. The molecule has 1 aromatic heterocycles. The van der Waals surface area contributed by atoms with Crippen LogP contribution in [0.4, 0.5) is 25.1 Å². The van der Waals surface area contributed by atoms with Crippen LogP contribution in [0.5, 0.6) is 0 Å². The number of rotatable bonds is 5. The van der Waals surface area contributed by atoms with Crippen molar-refractivity contribution in [2.75, 3.05) is 0 Å². The Bertz CT molecular complexity index is 1180. The molecule has 0 spiro atoms. The predicted octanol–water partition coefficient (Wildman–Crippen LogP) is 6.04. The molecule has 152 valence electrons. The Balaban J connectivity index is 2.15. The highest BCUT2D eigenvalue weighted by molar-refractivity contribution is 8.45. The molecule has 3 rings (SSSR count). The van der Waals surface area contributed by atoms with Crippen molar-refractivity contribution in [3.8, 4) is 5.69 Å². The van der Waals surface area contributed by atoms with E-state index in [0.717, 1.165) is 18.2 Å². The maximum Gasteiger partial charge on any atom is 0.310 e. The van der Waals surface area contributed by atoms with Crippen LogP contribution < -0.4 is 5.32 Å². The summed E-state index contributed by atoms with van der Waals surface area (Å²) in [5.74, 6) is -0.478. The molecule has 1 heterocycles. The number of nitrogens with one attached hydrogen (secondary N) is 1. The van der Waals surface area contributed by atoms with E-state index in [1.807, 2.05) is 0 Å². The van der Waals surface area contributed by atoms with Crippen molar-refractivity contribution in [1.29, 1.82) is 0 Å². The number of carbonyl (C=O) groups is 1. The molecule has 3 aromatic rings. The third-order valence-corrected chi connectivity index (χ3v) is 5.18. The summed E-state index contributed by atoms with van der Waals surface area (Å²) in [7, 11) is -9.79. The van der Waals surface area contributed by atoms with Crippen LogP contribution in [0.2, 0.25) is 0 Å². The van der Waals surface area contributed by atoms with Gasteiger partial charge >= 0.3 is 10.2 Å². The van der Waals surface area contributed by atoms with Gasteiger partial charge in [0.25, 0.3) is 0 Å². The Morgan fingerprint density at radius 1 is 1.17 bits per heavy atom. The van der Waals surface area contributed by atoms with E-state index < -0.39 is 21.0 Å². The third kappa shape index (κ3) is 4.07. The summed E-state index contributed by atoms with van der Waals surface area (Å²) in [6.45, 7) is 10.6. The van der Waals surface area contributed by atoms with E-state index in [1.54, 1.807) is 12.1 Å². The standard InChI is InChI=1S/C18H13F5N4OS/c1-3-17(28)25-11-15-18-14(24-2)5-4-6-16(18)27(26-15)12-7-9-13(10-8-12)29(19,20,21,22)23/h3-10H,1,11H2,(H,25,28). The molecule has 0 aliphatic heterocycles. The van der Waals surface area contributed by atoms with Gasteiger partial charge in [-0.05, 0) is 36.4 Å². The highest BCUT2D eigenvalue weighted by atomic mass is 32.5. The molecule has 0 fully saturated rings. The minimum atomic E-state index is -9.79. The van der Waals surface area contributed by atoms with Gasteiger partial charge in [0.2, 0.25) is 5.91 Å². The topological polar surface area (TPSA) is 51.3 Å². The van der Waals surface area contributed by atoms with Crippen LogP contribution in [0.25, 0.3) is 21.4 Å². The molecule has 0 bridgehead atoms. The van der Waals surface area contributed by atoms with Crippen LogP contribution in [0.1, 0.15) is 5.69 Å². The highest BCUT2D eigenvalue weighted by Gasteiger charge is 2.65. The summed E-state index contributed by atoms with van der Waals surface area (Å²) < 4.78 is 65.9. The van der Waals surface area contributed by atoms with E-state index in [-0.39, 0.29) is 17.9 Å². The molecule has 0 unspecified atom stereocenters. The van der Waals surface area contributed by atoms with Crippen LogP contribution in [-0.2, 0) is 11.3 Å². The zero-order valence-electron chi connectivity index (χ0n) is 14.6. The lowest BCUT2D eigenvalue weighted by molar-refractivity contribution is -0.116. The van der Waals surface area contributed by atoms with Crippen molar-refractivity contribution in [3.63, 3.8) is 0 Å². The average Bonchev–Trinajstić information content (AvgIpc) is 3.03. The number of aromatic nitrogens is 2. The van der Waals surface area contributed by atoms with Gasteiger partial charge in [0.15, 0.2) is 5.69 Å². The van der Waals surface area contributed by atoms with Crippen molar-refractivity contribution in [3.05, 3.63) is 72.2 Å². The third-order valence-electron chi connectivity index (χ3n) is 4.02. The van der Waals surface area contributed by atoms with Crippen molar-refractivity contribution in [2.24, 2.45) is 0 Å². The fourth-order valence-electron chi connectivity index (χ4n) is 2.73. The van der Waals surface area contributed by atoms with Gasteiger partial charge < -0.3 is 5.32 Å². The molecule has 0 radical (unpaired) electrons. The Hall–Kier alpha value is -3.39. The van der Waals surface area contributed by atoms with Crippen LogP contribution >= 0.6 is 10.2 Å². The predicted molar refractivity (Wildman–Crippen MR) is 101 cm³/mol. The number of amides is 1. The normalized spacial score (nSPS) is 13.9. The van der Waals surface area contributed by atoms with Crippen molar-refractivity contribution < 1.29 is 24.2 Å². The summed E-state index contributed by atoms with van der Waals surface area (Å²) >= 11 is 0. The molecular weight excluding hydrogens is 415 g/mol. The molecule has 29 heavy (non-hydrogen) atoms. The summed E-state index contributed by atoms with van der Waals surface area (Å²) in [5.41, 5.74) is 0.976. The fraction of sp³-hybridized carbons (Fsp3) is 0.0556. The second kappa shape index (κ2) is 6.05. The molecule has 1 amide bonds. The molecule has 2 aromatic carbocycles. The first-order valence-corrected chi connectivity index (χ1v) is 9.92. The smallest absolute Gasteiger partial charge is 0.310 e. The minimum Gasteiger partial charge on any atom is -0.347 e. The van der Waals surface area contributed by atoms with Crippen molar-refractivity contribution >= 4 is 32.7 Å². The molecule has 0 atom stereocenters. The molecule has 5 nitrogen and oxygen atoms in total. The maximum absolute atomic E-state index is 12.9. The lowest BCUT2D eigenvalue weighted by Crippen LogP contribution is -2.20. The van der Waals surface area contributed by atoms with E-state index in [1.165, 1.54) is 10.7 Å². The number of fused-ring (bicyclic) bond motifs is 1. The van der Waals surface area contributed by atoms with E-state index in [9.17, 15) is 24.2 Å². The number of carbonyl (C=O) groups excluding carboxylic acids is 1. The Labute approximate surface area is 162 Å². The van der Waals surface area contributed by atoms with Crippen molar-refractivity contribution in [2.45, 2.75) is 11.4 Å².